The lowest BCUT2D eigenvalue weighted by atomic mass is 9.84. The highest BCUT2D eigenvalue weighted by molar-refractivity contribution is 6.06. The van der Waals surface area contributed by atoms with Crippen molar-refractivity contribution in [2.45, 2.75) is 25.7 Å². The Balaban J connectivity index is 2.56. The third-order valence-corrected chi connectivity index (χ3v) is 3.08. The van der Waals surface area contributed by atoms with Gasteiger partial charge in [-0.05, 0) is 13.8 Å². The number of nitrogens with zero attached hydrogens (tertiary/aromatic N) is 2. The number of nitrogens with one attached hydrogen (secondary N) is 1. The first kappa shape index (κ1) is 10.7. The molecule has 0 bridgehead atoms. The van der Waals surface area contributed by atoms with Crippen LogP contribution >= 0.6 is 0 Å². The molecule has 0 spiro atoms. The van der Waals surface area contributed by atoms with Crippen molar-refractivity contribution in [3.8, 4) is 0 Å². The summed E-state index contributed by atoms with van der Waals surface area (Å²) in [6.45, 7) is 3.44. The van der Waals surface area contributed by atoms with Crippen LogP contribution in [0, 0.1) is 6.92 Å². The molecule has 16 heavy (non-hydrogen) atoms. The quantitative estimate of drug-likeness (QED) is 0.760. The number of hydrogen-bond acceptors (Lipinski definition) is 3. The normalized spacial score (nSPS) is 23.1. The van der Waals surface area contributed by atoms with Crippen LogP contribution in [0.2, 0.25) is 0 Å². The third kappa shape index (κ3) is 1.22. The molecule has 0 radical (unpaired) electrons. The summed E-state index contributed by atoms with van der Waals surface area (Å²) >= 11 is 0. The average molecular weight is 223 g/mol. The van der Waals surface area contributed by atoms with Crippen molar-refractivity contribution in [1.82, 2.24) is 9.55 Å². The second kappa shape index (κ2) is 3.07. The molecule has 2 rings (SSSR count). The number of hydrogen-bond donors (Lipinski definition) is 2. The van der Waals surface area contributed by atoms with Gasteiger partial charge in [-0.2, -0.15) is 0 Å². The van der Waals surface area contributed by atoms with Gasteiger partial charge in [0.1, 0.15) is 11.2 Å². The highest BCUT2D eigenvalue weighted by Gasteiger charge is 2.47. The van der Waals surface area contributed by atoms with Gasteiger partial charge in [0.25, 0.3) is 0 Å². The number of carbonyl (C=O) groups excluding carboxylic acids is 1. The van der Waals surface area contributed by atoms with E-state index in [1.807, 2.05) is 6.92 Å². The smallest absolute Gasteiger partial charge is 0.304 e. The largest absolute Gasteiger partial charge is 0.481 e. The van der Waals surface area contributed by atoms with Gasteiger partial charge in [0.15, 0.2) is 5.82 Å². The van der Waals surface area contributed by atoms with Gasteiger partial charge >= 0.3 is 5.97 Å². The number of imidazole rings is 1. The molecule has 2 N–H and O–H groups in total. The number of aliphatic carboxylic acids is 1. The van der Waals surface area contributed by atoms with Crippen molar-refractivity contribution in [3.05, 3.63) is 11.5 Å². The minimum absolute atomic E-state index is 0.231. The maximum Gasteiger partial charge on any atom is 0.304 e. The van der Waals surface area contributed by atoms with E-state index in [2.05, 4.69) is 10.3 Å². The molecule has 0 saturated carbocycles. The van der Waals surface area contributed by atoms with E-state index in [-0.39, 0.29) is 12.3 Å². The Morgan fingerprint density at radius 2 is 2.25 bits per heavy atom. The lowest BCUT2D eigenvalue weighted by Gasteiger charge is -2.20. The molecule has 1 aliphatic heterocycles. The molecule has 1 aromatic rings. The van der Waals surface area contributed by atoms with Gasteiger partial charge in [-0.1, -0.05) is 0 Å². The number of rotatable bonds is 2. The van der Waals surface area contributed by atoms with E-state index in [4.69, 9.17) is 5.11 Å². The molecule has 1 amide bonds. The first-order chi connectivity index (χ1) is 7.36. The van der Waals surface area contributed by atoms with E-state index in [0.29, 0.717) is 11.5 Å². The zero-order chi connectivity index (χ0) is 12.1. The Kier molecular flexibility index (Phi) is 2.04. The molecule has 1 atom stereocenters. The lowest BCUT2D eigenvalue weighted by Crippen LogP contribution is -2.35. The topological polar surface area (TPSA) is 84.2 Å². The minimum Gasteiger partial charge on any atom is -0.481 e. The maximum absolute atomic E-state index is 11.8. The summed E-state index contributed by atoms with van der Waals surface area (Å²) in [7, 11) is 1.78. The molecule has 0 saturated heterocycles. The SMILES string of the molecule is Cc1nc2c(n1C)C(C)(CC(=O)O)C(=O)N2. The molecular formula is C10H13N3O3. The zero-order valence-electron chi connectivity index (χ0n) is 9.37. The van der Waals surface area contributed by atoms with Crippen LogP contribution in [0.5, 0.6) is 0 Å². The highest BCUT2D eigenvalue weighted by Crippen LogP contribution is 2.39. The molecule has 86 valence electrons. The van der Waals surface area contributed by atoms with Gasteiger partial charge in [0, 0.05) is 7.05 Å². The number of carboxylic acid groups (broad SMARTS) is 1. The van der Waals surface area contributed by atoms with Gasteiger partial charge in [-0.15, -0.1) is 0 Å². The summed E-state index contributed by atoms with van der Waals surface area (Å²) < 4.78 is 1.76. The Bertz CT molecular complexity index is 492. The Morgan fingerprint density at radius 3 is 2.81 bits per heavy atom. The van der Waals surface area contributed by atoms with Crippen molar-refractivity contribution < 1.29 is 14.7 Å². The third-order valence-electron chi connectivity index (χ3n) is 3.08. The van der Waals surface area contributed by atoms with Crippen molar-refractivity contribution in [2.75, 3.05) is 5.32 Å². The van der Waals surface area contributed by atoms with Crippen LogP contribution in [-0.4, -0.2) is 26.5 Å². The van der Waals surface area contributed by atoms with Gasteiger partial charge in [-0.3, -0.25) is 9.59 Å². The van der Waals surface area contributed by atoms with E-state index < -0.39 is 11.4 Å². The minimum atomic E-state index is -1.03. The molecule has 0 fully saturated rings. The van der Waals surface area contributed by atoms with Crippen LogP contribution in [0.4, 0.5) is 5.82 Å². The fourth-order valence-electron chi connectivity index (χ4n) is 2.15. The van der Waals surface area contributed by atoms with Crippen molar-refractivity contribution in [2.24, 2.45) is 7.05 Å². The fraction of sp³-hybridized carbons (Fsp3) is 0.500. The van der Waals surface area contributed by atoms with Crippen molar-refractivity contribution in [1.29, 1.82) is 0 Å². The van der Waals surface area contributed by atoms with Crippen molar-refractivity contribution >= 4 is 17.7 Å². The standard InChI is InChI=1S/C10H13N3O3/c1-5-11-8-7(13(5)3)10(2,4-6(14)15)9(16)12-8/h4H2,1-3H3,(H,12,16)(H,14,15). The predicted molar refractivity (Wildman–Crippen MR) is 56.2 cm³/mol. The molecule has 1 unspecified atom stereocenters. The summed E-state index contributed by atoms with van der Waals surface area (Å²) in [5.41, 5.74) is -0.380. The van der Waals surface area contributed by atoms with Gasteiger partial charge in [0.2, 0.25) is 5.91 Å². The maximum atomic E-state index is 11.8. The number of amides is 1. The summed E-state index contributed by atoms with van der Waals surface area (Å²) in [6, 6.07) is 0. The molecular weight excluding hydrogens is 210 g/mol. The van der Waals surface area contributed by atoms with Crippen LogP contribution in [0.3, 0.4) is 0 Å². The lowest BCUT2D eigenvalue weighted by molar-refractivity contribution is -0.140. The van der Waals surface area contributed by atoms with Crippen LogP contribution < -0.4 is 5.32 Å². The first-order valence-electron chi connectivity index (χ1n) is 4.93. The number of fused-ring (bicyclic) bond motifs is 1. The Morgan fingerprint density at radius 1 is 1.62 bits per heavy atom. The summed E-state index contributed by atoms with van der Waals surface area (Å²) in [5, 5.41) is 11.5. The Labute approximate surface area is 92.3 Å². The molecule has 1 aromatic heterocycles. The highest BCUT2D eigenvalue weighted by atomic mass is 16.4. The summed E-state index contributed by atoms with van der Waals surface area (Å²) in [5.74, 6) is -0.0669. The predicted octanol–water partition coefficient (Wildman–Crippen LogP) is 0.413. The number of aromatic nitrogens is 2. The summed E-state index contributed by atoms with van der Waals surface area (Å²) in [4.78, 5) is 26.8. The van der Waals surface area contributed by atoms with Gasteiger partial charge < -0.3 is 15.0 Å². The number of carbonyl (C=O) groups is 2. The molecule has 6 heteroatoms. The summed E-state index contributed by atoms with van der Waals surface area (Å²) in [6.07, 6.45) is -0.231. The molecule has 1 aliphatic rings. The monoisotopic (exact) mass is 223 g/mol. The molecule has 6 nitrogen and oxygen atoms in total. The van der Waals surface area contributed by atoms with Gasteiger partial charge in [0.05, 0.1) is 12.1 Å². The van der Waals surface area contributed by atoms with E-state index in [0.717, 1.165) is 5.82 Å². The van der Waals surface area contributed by atoms with E-state index in [1.165, 1.54) is 0 Å². The number of aryl methyl sites for hydroxylation is 1. The van der Waals surface area contributed by atoms with Crippen LogP contribution in [0.1, 0.15) is 24.9 Å². The van der Waals surface area contributed by atoms with Crippen LogP contribution in [0.25, 0.3) is 0 Å². The number of carboxylic acids is 1. The second-order valence-corrected chi connectivity index (χ2v) is 4.27. The fourth-order valence-corrected chi connectivity index (χ4v) is 2.15. The zero-order valence-corrected chi connectivity index (χ0v) is 9.37. The van der Waals surface area contributed by atoms with E-state index in [9.17, 15) is 9.59 Å². The van der Waals surface area contributed by atoms with Crippen LogP contribution in [-0.2, 0) is 22.1 Å². The molecule has 2 heterocycles. The Hall–Kier alpha value is -1.85. The van der Waals surface area contributed by atoms with E-state index in [1.54, 1.807) is 18.5 Å². The van der Waals surface area contributed by atoms with Crippen molar-refractivity contribution in [3.63, 3.8) is 0 Å². The second-order valence-electron chi connectivity index (χ2n) is 4.27. The number of anilines is 1. The first-order valence-corrected chi connectivity index (χ1v) is 4.93. The van der Waals surface area contributed by atoms with Gasteiger partial charge in [-0.25, -0.2) is 4.98 Å². The molecule has 0 aromatic carbocycles. The van der Waals surface area contributed by atoms with Crippen LogP contribution in [0.15, 0.2) is 0 Å². The molecule has 0 aliphatic carbocycles. The van der Waals surface area contributed by atoms with E-state index >= 15 is 0 Å². The average Bonchev–Trinajstić information content (AvgIpc) is 2.52.